The molecule has 0 fully saturated rings. The number of nitrogens with two attached hydrogens (primary N) is 1. The molecule has 1 aromatic carbocycles. The molecule has 2 heterocycles. The summed E-state index contributed by atoms with van der Waals surface area (Å²) in [5, 5.41) is 10.1. The van der Waals surface area contributed by atoms with Gasteiger partial charge in [0.25, 0.3) is 0 Å². The highest BCUT2D eigenvalue weighted by molar-refractivity contribution is 6.19. The van der Waals surface area contributed by atoms with E-state index in [9.17, 15) is 24.4 Å². The number of benzene rings is 1. The molecule has 0 aliphatic carbocycles. The largest absolute Gasteiger partial charge is 0.466 e. The molecule has 2 aliphatic heterocycles. The van der Waals surface area contributed by atoms with Crippen LogP contribution in [0.1, 0.15) is 32.8 Å². The number of nitriles is 1. The highest BCUT2D eigenvalue weighted by Gasteiger charge is 2.62. The number of nitrogens with zero attached hydrogens (tertiary/aromatic N) is 2. The Morgan fingerprint density at radius 1 is 1.06 bits per heavy atom. The minimum Gasteiger partial charge on any atom is -0.466 e. The molecule has 0 aromatic heterocycles. The van der Waals surface area contributed by atoms with Crippen molar-refractivity contribution in [3.8, 4) is 6.07 Å². The molecule has 184 valence electrons. The van der Waals surface area contributed by atoms with Crippen LogP contribution in [0.25, 0.3) is 0 Å². The van der Waals surface area contributed by atoms with E-state index in [0.717, 1.165) is 4.90 Å². The fraction of sp³-hybridized carbons (Fsp3) is 0.375. The van der Waals surface area contributed by atoms with Crippen molar-refractivity contribution in [1.82, 2.24) is 0 Å². The van der Waals surface area contributed by atoms with Gasteiger partial charge in [-0.1, -0.05) is 18.2 Å². The molecule has 1 aromatic rings. The van der Waals surface area contributed by atoms with E-state index in [-0.39, 0.29) is 48.0 Å². The van der Waals surface area contributed by atoms with E-state index < -0.39 is 48.1 Å². The first-order chi connectivity index (χ1) is 16.8. The van der Waals surface area contributed by atoms with Gasteiger partial charge in [0.05, 0.1) is 19.8 Å². The minimum absolute atomic E-state index is 0.0610. The van der Waals surface area contributed by atoms with E-state index in [1.165, 1.54) is 6.07 Å². The third kappa shape index (κ3) is 4.19. The van der Waals surface area contributed by atoms with E-state index in [1.807, 2.05) is 6.07 Å². The Labute approximate surface area is 201 Å². The van der Waals surface area contributed by atoms with Gasteiger partial charge < -0.3 is 24.7 Å². The summed E-state index contributed by atoms with van der Waals surface area (Å²) < 4.78 is 20.8. The van der Waals surface area contributed by atoms with Crippen molar-refractivity contribution in [2.24, 2.45) is 5.73 Å². The fourth-order valence-electron chi connectivity index (χ4n) is 4.26. The van der Waals surface area contributed by atoms with Crippen molar-refractivity contribution in [2.45, 2.75) is 32.6 Å². The van der Waals surface area contributed by atoms with Gasteiger partial charge >= 0.3 is 17.9 Å². The van der Waals surface area contributed by atoms with Crippen LogP contribution in [0.4, 0.5) is 5.69 Å². The van der Waals surface area contributed by atoms with Crippen LogP contribution < -0.4 is 10.6 Å². The summed E-state index contributed by atoms with van der Waals surface area (Å²) in [4.78, 5) is 53.2. The first kappa shape index (κ1) is 25.3. The van der Waals surface area contributed by atoms with Crippen molar-refractivity contribution in [3.63, 3.8) is 0 Å². The number of fused-ring (bicyclic) bond motifs is 2. The molecule has 2 aliphatic rings. The molecule has 1 amide bonds. The number of ether oxygens (including phenoxy) is 4. The van der Waals surface area contributed by atoms with Gasteiger partial charge in [-0.05, 0) is 26.8 Å². The van der Waals surface area contributed by atoms with Crippen LogP contribution in [0, 0.1) is 11.3 Å². The lowest BCUT2D eigenvalue weighted by Gasteiger charge is -2.35. The Bertz CT molecular complexity index is 1180. The molecular formula is C24H25N3O8. The summed E-state index contributed by atoms with van der Waals surface area (Å²) in [5.74, 6) is -3.95. The van der Waals surface area contributed by atoms with E-state index in [2.05, 4.69) is 0 Å². The number of esters is 3. The van der Waals surface area contributed by atoms with Gasteiger partial charge in [0.2, 0.25) is 11.8 Å². The summed E-state index contributed by atoms with van der Waals surface area (Å²) in [6.45, 7) is 4.41. The monoisotopic (exact) mass is 483 g/mol. The van der Waals surface area contributed by atoms with Gasteiger partial charge in [0.1, 0.15) is 35.9 Å². The van der Waals surface area contributed by atoms with Crippen LogP contribution in [-0.4, -0.2) is 50.2 Å². The van der Waals surface area contributed by atoms with Crippen LogP contribution in [0.2, 0.25) is 0 Å². The molecule has 0 saturated carbocycles. The van der Waals surface area contributed by atoms with Crippen molar-refractivity contribution in [1.29, 1.82) is 5.26 Å². The SMILES string of the molecule is CCOC(=O)CC1=C(C(=O)OCC)[C@@]2(C(=O)N(CC(=O)OCC)c3ccccc32)C(C#N)=C(N)O1. The molecule has 1 atom stereocenters. The smallest absolute Gasteiger partial charge is 0.339 e. The molecule has 3 rings (SSSR count). The van der Waals surface area contributed by atoms with Gasteiger partial charge in [-0.3, -0.25) is 19.3 Å². The summed E-state index contributed by atoms with van der Waals surface area (Å²) >= 11 is 0. The van der Waals surface area contributed by atoms with Gasteiger partial charge in [0.15, 0.2) is 5.41 Å². The maximum atomic E-state index is 14.1. The molecule has 11 nitrogen and oxygen atoms in total. The van der Waals surface area contributed by atoms with Crippen molar-refractivity contribution in [2.75, 3.05) is 31.3 Å². The van der Waals surface area contributed by atoms with E-state index in [4.69, 9.17) is 24.7 Å². The first-order valence-electron chi connectivity index (χ1n) is 11.0. The maximum Gasteiger partial charge on any atom is 0.339 e. The van der Waals surface area contributed by atoms with E-state index in [1.54, 1.807) is 39.0 Å². The zero-order valence-electron chi connectivity index (χ0n) is 19.6. The number of carbonyl (C=O) groups excluding carboxylic acids is 4. The first-order valence-corrected chi connectivity index (χ1v) is 11.0. The van der Waals surface area contributed by atoms with Crippen LogP contribution in [-0.2, 0) is 43.5 Å². The van der Waals surface area contributed by atoms with Crippen LogP contribution in [0.5, 0.6) is 0 Å². The standard InChI is InChI=1S/C24H25N3O8/c1-4-32-18(28)11-17-20(22(30)34-6-3)24(15(12-25)21(26)35-17)14-9-7-8-10-16(14)27(23(24)31)13-19(29)33-5-2/h7-10H,4-6,11,13,26H2,1-3H3/t24-/m0/s1. The van der Waals surface area contributed by atoms with Crippen LogP contribution in [0.15, 0.2) is 47.1 Å². The lowest BCUT2D eigenvalue weighted by Crippen LogP contribution is -2.49. The Morgan fingerprint density at radius 3 is 2.31 bits per heavy atom. The quantitative estimate of drug-likeness (QED) is 0.422. The lowest BCUT2D eigenvalue weighted by molar-refractivity contribution is -0.143. The zero-order chi connectivity index (χ0) is 25.8. The number of anilines is 1. The number of hydrogen-bond acceptors (Lipinski definition) is 10. The molecule has 11 heteroatoms. The van der Waals surface area contributed by atoms with Crippen LogP contribution >= 0.6 is 0 Å². The average molecular weight is 483 g/mol. The van der Waals surface area contributed by atoms with Crippen molar-refractivity contribution < 1.29 is 38.1 Å². The molecule has 1 spiro atoms. The van der Waals surface area contributed by atoms with Crippen molar-refractivity contribution >= 4 is 29.5 Å². The predicted molar refractivity (Wildman–Crippen MR) is 120 cm³/mol. The normalized spacial score (nSPS) is 18.7. The predicted octanol–water partition coefficient (Wildman–Crippen LogP) is 1.33. The number of rotatable bonds is 8. The summed E-state index contributed by atoms with van der Waals surface area (Å²) in [7, 11) is 0. The van der Waals surface area contributed by atoms with Crippen molar-refractivity contribution in [3.05, 3.63) is 52.6 Å². The Kier molecular flexibility index (Phi) is 7.44. The number of hydrogen-bond donors (Lipinski definition) is 1. The average Bonchev–Trinajstić information content (AvgIpc) is 3.03. The molecule has 35 heavy (non-hydrogen) atoms. The van der Waals surface area contributed by atoms with E-state index in [0.29, 0.717) is 0 Å². The highest BCUT2D eigenvalue weighted by atomic mass is 16.5. The second-order valence-corrected chi connectivity index (χ2v) is 7.42. The molecule has 0 bridgehead atoms. The molecule has 0 unspecified atom stereocenters. The van der Waals surface area contributed by atoms with Crippen LogP contribution in [0.3, 0.4) is 0 Å². The fourth-order valence-corrected chi connectivity index (χ4v) is 4.26. The van der Waals surface area contributed by atoms with Gasteiger partial charge in [-0.15, -0.1) is 0 Å². The minimum atomic E-state index is -2.10. The second kappa shape index (κ2) is 10.3. The summed E-state index contributed by atoms with van der Waals surface area (Å²) in [5.41, 5.74) is 3.71. The zero-order valence-corrected chi connectivity index (χ0v) is 19.6. The summed E-state index contributed by atoms with van der Waals surface area (Å²) in [6, 6.07) is 8.23. The number of para-hydroxylation sites is 1. The third-order valence-electron chi connectivity index (χ3n) is 5.47. The van der Waals surface area contributed by atoms with Gasteiger partial charge in [-0.2, -0.15) is 5.26 Å². The lowest BCUT2D eigenvalue weighted by atomic mass is 9.68. The molecule has 2 N–H and O–H groups in total. The number of amides is 1. The molecule has 0 saturated heterocycles. The summed E-state index contributed by atoms with van der Waals surface area (Å²) in [6.07, 6.45) is -0.545. The second-order valence-electron chi connectivity index (χ2n) is 7.42. The molecular weight excluding hydrogens is 458 g/mol. The third-order valence-corrected chi connectivity index (χ3v) is 5.47. The Balaban J connectivity index is 2.35. The van der Waals surface area contributed by atoms with Gasteiger partial charge in [-0.25, -0.2) is 4.79 Å². The maximum absolute atomic E-state index is 14.1. The Hall–Kier alpha value is -4.33. The van der Waals surface area contributed by atoms with Gasteiger partial charge in [0, 0.05) is 11.3 Å². The highest BCUT2D eigenvalue weighted by Crippen LogP contribution is 2.54. The number of carbonyl (C=O) groups is 4. The topological polar surface area (TPSA) is 158 Å². The molecule has 0 radical (unpaired) electrons. The Morgan fingerprint density at radius 2 is 1.69 bits per heavy atom. The van der Waals surface area contributed by atoms with E-state index >= 15 is 0 Å².